The summed E-state index contributed by atoms with van der Waals surface area (Å²) in [6.07, 6.45) is 1.42. The average Bonchev–Trinajstić information content (AvgIpc) is 2.83. The van der Waals surface area contributed by atoms with Crippen molar-refractivity contribution in [3.8, 4) is 0 Å². The van der Waals surface area contributed by atoms with Gasteiger partial charge in [0, 0.05) is 0 Å². The Labute approximate surface area is 123 Å². The first-order valence-corrected chi connectivity index (χ1v) is 5.89. The van der Waals surface area contributed by atoms with E-state index in [2.05, 4.69) is 22.6 Å². The Morgan fingerprint density at radius 3 is 1.32 bits per heavy atom. The van der Waals surface area contributed by atoms with Crippen molar-refractivity contribution in [1.29, 1.82) is 0 Å². The van der Waals surface area contributed by atoms with E-state index < -0.39 is 47.3 Å². The molecular formula is C14H8O8. The number of ether oxygens (including phenoxy) is 2. The summed E-state index contributed by atoms with van der Waals surface area (Å²) >= 11 is 0. The van der Waals surface area contributed by atoms with Crippen molar-refractivity contribution in [3.63, 3.8) is 0 Å². The van der Waals surface area contributed by atoms with Crippen LogP contribution in [0.1, 0.15) is 0 Å². The molecule has 0 saturated carbocycles. The van der Waals surface area contributed by atoms with Crippen LogP contribution in [0.3, 0.4) is 0 Å². The normalized spacial score (nSPS) is 24.9. The molecule has 2 fully saturated rings. The number of hydrogen-bond acceptors (Lipinski definition) is 8. The second kappa shape index (κ2) is 5.32. The summed E-state index contributed by atoms with van der Waals surface area (Å²) in [5.41, 5.74) is -0.682. The minimum Gasteiger partial charge on any atom is -0.389 e. The molecule has 2 aliphatic heterocycles. The van der Waals surface area contributed by atoms with Crippen molar-refractivity contribution in [1.82, 2.24) is 0 Å². The summed E-state index contributed by atoms with van der Waals surface area (Å²) in [6, 6.07) is 0. The molecule has 0 spiro atoms. The smallest absolute Gasteiger partial charge is 0.342 e. The Morgan fingerprint density at radius 1 is 0.773 bits per heavy atom. The number of hydrogen-bond donors (Lipinski definition) is 0. The molecule has 0 N–H and O–H groups in total. The number of allylic oxidation sites excluding steroid dienone is 2. The lowest BCUT2D eigenvalue weighted by Crippen LogP contribution is -2.21. The van der Waals surface area contributed by atoms with E-state index >= 15 is 0 Å². The molecule has 2 rings (SSSR count). The Balaban J connectivity index is 2.12. The lowest BCUT2D eigenvalue weighted by Gasteiger charge is -2.01. The second-order valence-electron chi connectivity index (χ2n) is 4.47. The topological polar surface area (TPSA) is 121 Å². The lowest BCUT2D eigenvalue weighted by atomic mass is 9.95. The SMILES string of the molecule is C=C1C(=O)OC(=O)C1C(=O)/C=C/C(=O)C1C(=C)C(=O)OC1=O. The first kappa shape index (κ1) is 15.2. The standard InChI is InChI=1S/C14H8O8/c1-5-9(13(19)21-11(5)17)7(15)3-4-8(16)10-6(2)12(18)22-14(10)20/h3-4,9-10H,1-2H2/b4-3+. The second-order valence-corrected chi connectivity index (χ2v) is 4.47. The maximum atomic E-state index is 11.8. The van der Waals surface area contributed by atoms with E-state index in [-0.39, 0.29) is 11.1 Å². The molecule has 0 amide bonds. The van der Waals surface area contributed by atoms with E-state index in [0.29, 0.717) is 12.2 Å². The van der Waals surface area contributed by atoms with Gasteiger partial charge in [-0.2, -0.15) is 0 Å². The maximum absolute atomic E-state index is 11.8. The highest BCUT2D eigenvalue weighted by atomic mass is 16.6. The van der Waals surface area contributed by atoms with Crippen LogP contribution >= 0.6 is 0 Å². The molecule has 0 bridgehead atoms. The molecule has 0 aromatic rings. The molecule has 0 aliphatic carbocycles. The summed E-state index contributed by atoms with van der Waals surface area (Å²) in [4.78, 5) is 68.4. The first-order valence-electron chi connectivity index (χ1n) is 5.89. The van der Waals surface area contributed by atoms with E-state index in [1.807, 2.05) is 0 Å². The van der Waals surface area contributed by atoms with Gasteiger partial charge in [-0.3, -0.25) is 19.2 Å². The zero-order valence-corrected chi connectivity index (χ0v) is 11.0. The molecule has 2 saturated heterocycles. The van der Waals surface area contributed by atoms with Gasteiger partial charge in [-0.25, -0.2) is 9.59 Å². The van der Waals surface area contributed by atoms with Gasteiger partial charge < -0.3 is 9.47 Å². The van der Waals surface area contributed by atoms with Crippen molar-refractivity contribution in [2.24, 2.45) is 11.8 Å². The van der Waals surface area contributed by atoms with Gasteiger partial charge >= 0.3 is 23.9 Å². The molecular weight excluding hydrogens is 296 g/mol. The Kier molecular flexibility index (Phi) is 3.68. The molecule has 0 aromatic carbocycles. The van der Waals surface area contributed by atoms with Crippen LogP contribution in [0.2, 0.25) is 0 Å². The van der Waals surface area contributed by atoms with Crippen molar-refractivity contribution < 1.29 is 38.2 Å². The number of cyclic esters (lactones) is 4. The predicted octanol–water partition coefficient (Wildman–Crippen LogP) is -0.808. The van der Waals surface area contributed by atoms with Gasteiger partial charge in [-0.15, -0.1) is 0 Å². The molecule has 0 aromatic heterocycles. The van der Waals surface area contributed by atoms with E-state index in [0.717, 1.165) is 0 Å². The zero-order valence-electron chi connectivity index (χ0n) is 11.0. The lowest BCUT2D eigenvalue weighted by molar-refractivity contribution is -0.155. The number of esters is 4. The number of carbonyl (C=O) groups excluding carboxylic acids is 6. The molecule has 2 atom stereocenters. The van der Waals surface area contributed by atoms with Gasteiger partial charge in [-0.05, 0) is 12.2 Å². The molecule has 8 heteroatoms. The van der Waals surface area contributed by atoms with Crippen molar-refractivity contribution in [2.45, 2.75) is 0 Å². The molecule has 2 unspecified atom stereocenters. The van der Waals surface area contributed by atoms with Crippen molar-refractivity contribution in [2.75, 3.05) is 0 Å². The van der Waals surface area contributed by atoms with Gasteiger partial charge in [0.1, 0.15) is 0 Å². The third-order valence-corrected chi connectivity index (χ3v) is 3.06. The summed E-state index contributed by atoms with van der Waals surface area (Å²) in [7, 11) is 0. The number of ketones is 2. The number of carbonyl (C=O) groups is 6. The summed E-state index contributed by atoms with van der Waals surface area (Å²) < 4.78 is 8.42. The maximum Gasteiger partial charge on any atom is 0.342 e. The van der Waals surface area contributed by atoms with Crippen LogP contribution in [-0.2, 0) is 38.2 Å². The fourth-order valence-electron chi connectivity index (χ4n) is 1.88. The number of rotatable bonds is 4. The minimum atomic E-state index is -1.52. The van der Waals surface area contributed by atoms with Crippen LogP contribution < -0.4 is 0 Å². The Morgan fingerprint density at radius 2 is 1.09 bits per heavy atom. The van der Waals surface area contributed by atoms with Gasteiger partial charge in [-0.1, -0.05) is 13.2 Å². The first-order chi connectivity index (χ1) is 10.2. The molecule has 22 heavy (non-hydrogen) atoms. The van der Waals surface area contributed by atoms with Crippen LogP contribution in [0.5, 0.6) is 0 Å². The molecule has 2 heterocycles. The van der Waals surface area contributed by atoms with Crippen LogP contribution in [-0.4, -0.2) is 35.4 Å². The third-order valence-electron chi connectivity index (χ3n) is 3.06. The largest absolute Gasteiger partial charge is 0.389 e. The van der Waals surface area contributed by atoms with Gasteiger partial charge in [0.05, 0.1) is 11.1 Å². The monoisotopic (exact) mass is 304 g/mol. The van der Waals surface area contributed by atoms with E-state index in [9.17, 15) is 28.8 Å². The Bertz CT molecular complexity index is 648. The fourth-order valence-corrected chi connectivity index (χ4v) is 1.88. The van der Waals surface area contributed by atoms with Crippen molar-refractivity contribution in [3.05, 3.63) is 36.5 Å². The van der Waals surface area contributed by atoms with Crippen LogP contribution in [0.25, 0.3) is 0 Å². The highest BCUT2D eigenvalue weighted by Crippen LogP contribution is 2.24. The quantitative estimate of drug-likeness (QED) is 0.375. The summed E-state index contributed by atoms with van der Waals surface area (Å²) in [6.45, 7) is 6.52. The highest BCUT2D eigenvalue weighted by Gasteiger charge is 2.43. The highest BCUT2D eigenvalue weighted by molar-refractivity contribution is 6.23. The predicted molar refractivity (Wildman–Crippen MR) is 66.6 cm³/mol. The molecule has 112 valence electrons. The van der Waals surface area contributed by atoms with E-state index in [4.69, 9.17) is 0 Å². The zero-order chi connectivity index (χ0) is 16.6. The summed E-state index contributed by atoms with van der Waals surface area (Å²) in [5, 5.41) is 0. The minimum absolute atomic E-state index is 0.341. The van der Waals surface area contributed by atoms with E-state index in [1.54, 1.807) is 0 Å². The van der Waals surface area contributed by atoms with Gasteiger partial charge in [0.25, 0.3) is 0 Å². The van der Waals surface area contributed by atoms with Crippen LogP contribution in [0, 0.1) is 11.8 Å². The van der Waals surface area contributed by atoms with Crippen molar-refractivity contribution >= 4 is 35.4 Å². The van der Waals surface area contributed by atoms with Crippen LogP contribution in [0.4, 0.5) is 0 Å². The van der Waals surface area contributed by atoms with E-state index in [1.165, 1.54) is 0 Å². The third kappa shape index (κ3) is 2.41. The average molecular weight is 304 g/mol. The Hall–Kier alpha value is -3.16. The molecule has 8 nitrogen and oxygen atoms in total. The molecule has 0 radical (unpaired) electrons. The fraction of sp³-hybridized carbons (Fsp3) is 0.143. The molecule has 2 aliphatic rings. The van der Waals surface area contributed by atoms with Gasteiger partial charge in [0.2, 0.25) is 0 Å². The van der Waals surface area contributed by atoms with Gasteiger partial charge in [0.15, 0.2) is 23.4 Å². The van der Waals surface area contributed by atoms with Crippen LogP contribution in [0.15, 0.2) is 36.5 Å². The summed E-state index contributed by atoms with van der Waals surface area (Å²) in [5.74, 6) is -9.04.